The Bertz CT molecular complexity index is 1190. The molecule has 4 rings (SSSR count). The van der Waals surface area contributed by atoms with Gasteiger partial charge >= 0.3 is 0 Å². The van der Waals surface area contributed by atoms with Gasteiger partial charge in [0, 0.05) is 12.1 Å². The number of carbonyl (C=O) groups excluding carboxylic acids is 1. The number of aromatic nitrogens is 2. The van der Waals surface area contributed by atoms with Gasteiger partial charge in [-0.05, 0) is 41.4 Å². The van der Waals surface area contributed by atoms with Gasteiger partial charge in [0.05, 0.1) is 11.1 Å². The lowest BCUT2D eigenvalue weighted by atomic mass is 10.0. The summed E-state index contributed by atoms with van der Waals surface area (Å²) in [5.74, 6) is -0.876. The summed E-state index contributed by atoms with van der Waals surface area (Å²) < 4.78 is 20.3. The first-order valence-electron chi connectivity index (χ1n) is 8.61. The van der Waals surface area contributed by atoms with Gasteiger partial charge in [-0.25, -0.2) is 4.98 Å². The average Bonchev–Trinajstić information content (AvgIpc) is 2.98. The van der Waals surface area contributed by atoms with Crippen LogP contribution in [0.25, 0.3) is 16.8 Å². The van der Waals surface area contributed by atoms with Gasteiger partial charge in [0.15, 0.2) is 0 Å². The predicted molar refractivity (Wildman–Crippen MR) is 117 cm³/mol. The van der Waals surface area contributed by atoms with Gasteiger partial charge in [0.2, 0.25) is 11.1 Å². The highest BCUT2D eigenvalue weighted by Gasteiger charge is 2.31. The maximum atomic E-state index is 14.1. The third-order valence-corrected chi connectivity index (χ3v) is 5.84. The molecule has 0 N–H and O–H groups in total. The maximum absolute atomic E-state index is 14.1. The summed E-state index contributed by atoms with van der Waals surface area (Å²) in [5.41, 5.74) is 0.619. The Kier molecular flexibility index (Phi) is 5.49. The molecule has 1 aliphatic rings. The Balaban J connectivity index is 1.86. The number of benzene rings is 2. The van der Waals surface area contributed by atoms with Gasteiger partial charge in [-0.15, -0.1) is 0 Å². The van der Waals surface area contributed by atoms with Crippen LogP contribution in [0.1, 0.15) is 12.5 Å². The summed E-state index contributed by atoms with van der Waals surface area (Å²) in [7, 11) is 0. The molecule has 9 heteroatoms. The van der Waals surface area contributed by atoms with Crippen LogP contribution in [-0.4, -0.2) is 31.6 Å². The Hall–Kier alpha value is -2.55. The van der Waals surface area contributed by atoms with E-state index in [4.69, 9.17) is 28.6 Å². The number of hydrogen-bond donors (Lipinski definition) is 0. The molecular formula is C20H13ClFN3O2S2. The van der Waals surface area contributed by atoms with Crippen LogP contribution >= 0.6 is 35.6 Å². The number of thioether (sulfide) groups is 1. The number of ether oxygens (including phenoxy) is 1. The van der Waals surface area contributed by atoms with Crippen molar-refractivity contribution in [2.45, 2.75) is 6.92 Å². The zero-order chi connectivity index (χ0) is 20.5. The minimum atomic E-state index is -0.745. The summed E-state index contributed by atoms with van der Waals surface area (Å²) >= 11 is 12.3. The fourth-order valence-corrected chi connectivity index (χ4v) is 4.42. The minimum Gasteiger partial charge on any atom is -0.436 e. The monoisotopic (exact) mass is 445 g/mol. The topological polar surface area (TPSA) is 55.3 Å². The molecular weight excluding hydrogens is 433 g/mol. The molecule has 3 aromatic rings. The Labute approximate surface area is 180 Å². The number of halogens is 2. The van der Waals surface area contributed by atoms with Crippen LogP contribution in [0.15, 0.2) is 47.5 Å². The van der Waals surface area contributed by atoms with Gasteiger partial charge in [-0.3, -0.25) is 9.69 Å². The van der Waals surface area contributed by atoms with Crippen molar-refractivity contribution in [3.05, 3.63) is 64.2 Å². The fourth-order valence-electron chi connectivity index (χ4n) is 2.92. The van der Waals surface area contributed by atoms with Crippen molar-refractivity contribution < 1.29 is 13.9 Å². The van der Waals surface area contributed by atoms with E-state index in [0.717, 1.165) is 17.0 Å². The van der Waals surface area contributed by atoms with E-state index >= 15 is 0 Å². The van der Waals surface area contributed by atoms with Crippen LogP contribution < -0.4 is 4.74 Å². The number of amides is 1. The van der Waals surface area contributed by atoms with Crippen molar-refractivity contribution in [2.75, 3.05) is 6.54 Å². The lowest BCUT2D eigenvalue weighted by Gasteiger charge is -2.12. The van der Waals surface area contributed by atoms with Crippen molar-refractivity contribution in [3.8, 4) is 11.6 Å². The molecule has 29 heavy (non-hydrogen) atoms. The second-order valence-electron chi connectivity index (χ2n) is 6.02. The van der Waals surface area contributed by atoms with E-state index in [9.17, 15) is 9.18 Å². The van der Waals surface area contributed by atoms with Gasteiger partial charge in [-0.1, -0.05) is 54.3 Å². The third-order valence-electron chi connectivity index (χ3n) is 4.29. The number of fused-ring (bicyclic) bond motifs is 1. The predicted octanol–water partition coefficient (Wildman–Crippen LogP) is 5.44. The second kappa shape index (κ2) is 8.06. The van der Waals surface area contributed by atoms with E-state index in [2.05, 4.69) is 9.97 Å². The number of nitrogens with zero attached hydrogens (tertiary/aromatic N) is 3. The molecule has 0 spiro atoms. The van der Waals surface area contributed by atoms with E-state index in [1.165, 1.54) is 16.7 Å². The molecule has 0 unspecified atom stereocenters. The molecule has 0 aliphatic carbocycles. The van der Waals surface area contributed by atoms with E-state index in [1.54, 1.807) is 12.1 Å². The van der Waals surface area contributed by atoms with Crippen molar-refractivity contribution in [1.29, 1.82) is 0 Å². The molecule has 0 saturated carbocycles. The summed E-state index contributed by atoms with van der Waals surface area (Å²) in [4.78, 5) is 22.1. The summed E-state index contributed by atoms with van der Waals surface area (Å²) in [6.07, 6.45) is 2.66. The molecule has 5 nitrogen and oxygen atoms in total. The van der Waals surface area contributed by atoms with Crippen LogP contribution in [0.2, 0.25) is 5.28 Å². The fraction of sp³-hybridized carbons (Fsp3) is 0.100. The number of likely N-dealkylation sites (N-methyl/N-ethyl adjacent to an activating group) is 1. The maximum Gasteiger partial charge on any atom is 0.266 e. The highest BCUT2D eigenvalue weighted by Crippen LogP contribution is 2.38. The molecule has 1 aromatic heterocycles. The normalized spacial score (nSPS) is 15.6. The van der Waals surface area contributed by atoms with Crippen molar-refractivity contribution in [3.63, 3.8) is 0 Å². The Morgan fingerprint density at radius 1 is 1.31 bits per heavy atom. The van der Waals surface area contributed by atoms with Crippen LogP contribution in [0, 0.1) is 5.82 Å². The molecule has 146 valence electrons. The number of hydrogen-bond acceptors (Lipinski definition) is 6. The summed E-state index contributed by atoms with van der Waals surface area (Å²) in [5, 5.41) is 1.65. The van der Waals surface area contributed by atoms with Crippen molar-refractivity contribution >= 4 is 62.7 Å². The standard InChI is InChI=1S/C20H13ClFN3O2S2/c1-2-25-18(26)16(29-20(25)28)9-13-12-6-4-3-5-11(12)7-8-15(13)27-17-14(22)10-23-19(21)24-17/h3-10H,2H2,1H3/b16-9-. The van der Waals surface area contributed by atoms with E-state index in [-0.39, 0.29) is 17.1 Å². The number of rotatable bonds is 4. The van der Waals surface area contributed by atoms with E-state index in [1.807, 2.05) is 37.3 Å². The Morgan fingerprint density at radius 2 is 2.10 bits per heavy atom. The molecule has 2 aromatic carbocycles. The SMILES string of the molecule is CCN1C(=O)/C(=C/c2c(Oc3nc(Cl)ncc3F)ccc3ccccc23)SC1=S. The molecule has 2 heterocycles. The van der Waals surface area contributed by atoms with Crippen molar-refractivity contribution in [1.82, 2.24) is 14.9 Å². The molecule has 0 bridgehead atoms. The van der Waals surface area contributed by atoms with Gasteiger partial charge in [0.25, 0.3) is 11.8 Å². The Morgan fingerprint density at radius 3 is 2.86 bits per heavy atom. The lowest BCUT2D eigenvalue weighted by Crippen LogP contribution is -2.27. The van der Waals surface area contributed by atoms with E-state index < -0.39 is 5.82 Å². The highest BCUT2D eigenvalue weighted by atomic mass is 35.5. The first-order valence-corrected chi connectivity index (χ1v) is 10.2. The van der Waals surface area contributed by atoms with Crippen LogP contribution in [0.3, 0.4) is 0 Å². The van der Waals surface area contributed by atoms with Gasteiger partial charge < -0.3 is 4.74 Å². The van der Waals surface area contributed by atoms with Crippen LogP contribution in [-0.2, 0) is 4.79 Å². The van der Waals surface area contributed by atoms with Crippen molar-refractivity contribution in [2.24, 2.45) is 0 Å². The minimum absolute atomic E-state index is 0.132. The highest BCUT2D eigenvalue weighted by molar-refractivity contribution is 8.26. The van der Waals surface area contributed by atoms with Gasteiger partial charge in [-0.2, -0.15) is 9.37 Å². The molecule has 1 aliphatic heterocycles. The largest absolute Gasteiger partial charge is 0.436 e. The lowest BCUT2D eigenvalue weighted by molar-refractivity contribution is -0.121. The first-order chi connectivity index (χ1) is 14.0. The number of thiocarbonyl (C=S) groups is 1. The van der Waals surface area contributed by atoms with Gasteiger partial charge in [0.1, 0.15) is 10.1 Å². The number of carbonyl (C=O) groups is 1. The zero-order valence-corrected chi connectivity index (χ0v) is 17.4. The zero-order valence-electron chi connectivity index (χ0n) is 15.1. The molecule has 1 saturated heterocycles. The summed E-state index contributed by atoms with van der Waals surface area (Å²) in [6, 6.07) is 11.2. The second-order valence-corrected chi connectivity index (χ2v) is 8.03. The van der Waals surface area contributed by atoms with Crippen LogP contribution in [0.4, 0.5) is 4.39 Å². The molecule has 1 fully saturated rings. The summed E-state index contributed by atoms with van der Waals surface area (Å²) in [6.45, 7) is 2.35. The smallest absolute Gasteiger partial charge is 0.266 e. The third kappa shape index (κ3) is 3.83. The molecule has 1 amide bonds. The first kappa shape index (κ1) is 19.8. The quantitative estimate of drug-likeness (QED) is 0.303. The molecule has 0 atom stereocenters. The molecule has 0 radical (unpaired) electrons. The average molecular weight is 446 g/mol. The van der Waals surface area contributed by atoms with Crippen LogP contribution in [0.5, 0.6) is 11.6 Å². The van der Waals surface area contributed by atoms with E-state index in [0.29, 0.717) is 27.1 Å².